The second-order valence-electron chi connectivity index (χ2n) is 3.96. The van der Waals surface area contributed by atoms with Crippen LogP contribution < -0.4 is 10.6 Å². The van der Waals surface area contributed by atoms with E-state index in [1.54, 1.807) is 12.4 Å². The number of hydrogen-bond acceptors (Lipinski definition) is 4. The molecule has 0 fully saturated rings. The Labute approximate surface area is 97.9 Å². The first-order valence-electron chi connectivity index (χ1n) is 6.06. The smallest absolute Gasteiger partial charge is 0.147 e. The summed E-state index contributed by atoms with van der Waals surface area (Å²) < 4.78 is 0. The molecule has 0 saturated carbocycles. The van der Waals surface area contributed by atoms with Crippen molar-refractivity contribution in [3.8, 4) is 0 Å². The molecule has 4 heteroatoms. The molecule has 16 heavy (non-hydrogen) atoms. The number of hydrogen-bond donors (Lipinski definition) is 2. The number of nitrogens with one attached hydrogen (secondary N) is 2. The van der Waals surface area contributed by atoms with E-state index < -0.39 is 0 Å². The molecule has 90 valence electrons. The van der Waals surface area contributed by atoms with Gasteiger partial charge in [-0.1, -0.05) is 26.7 Å². The molecule has 0 radical (unpaired) electrons. The van der Waals surface area contributed by atoms with Gasteiger partial charge in [-0.15, -0.1) is 0 Å². The quantitative estimate of drug-likeness (QED) is 0.744. The van der Waals surface area contributed by atoms with Crippen LogP contribution in [0.4, 0.5) is 11.6 Å². The second-order valence-corrected chi connectivity index (χ2v) is 3.96. The van der Waals surface area contributed by atoms with E-state index in [4.69, 9.17) is 0 Å². The summed E-state index contributed by atoms with van der Waals surface area (Å²) in [4.78, 5) is 8.55. The molecule has 0 amide bonds. The summed E-state index contributed by atoms with van der Waals surface area (Å²) in [6, 6.07) is 0.511. The number of rotatable bonds is 7. The van der Waals surface area contributed by atoms with Crippen molar-refractivity contribution in [1.82, 2.24) is 9.97 Å². The van der Waals surface area contributed by atoms with Crippen molar-refractivity contribution in [2.24, 2.45) is 0 Å². The molecule has 0 aliphatic rings. The van der Waals surface area contributed by atoms with Gasteiger partial charge in [0.05, 0.1) is 12.4 Å². The standard InChI is InChI=1S/C12H22N4/c1-4-6-10(7-5-2)15-12-9-14-8-11(13-3)16-12/h8-10H,4-7H2,1-3H3,(H2,13,15,16). The molecule has 0 aromatic carbocycles. The van der Waals surface area contributed by atoms with Crippen molar-refractivity contribution in [1.29, 1.82) is 0 Å². The fraction of sp³-hybridized carbons (Fsp3) is 0.667. The Morgan fingerprint density at radius 3 is 2.31 bits per heavy atom. The van der Waals surface area contributed by atoms with Gasteiger partial charge in [0, 0.05) is 13.1 Å². The Kier molecular flexibility index (Phi) is 5.61. The Morgan fingerprint density at radius 1 is 1.12 bits per heavy atom. The highest BCUT2D eigenvalue weighted by Crippen LogP contribution is 2.13. The first-order valence-corrected chi connectivity index (χ1v) is 6.06. The van der Waals surface area contributed by atoms with Crippen LogP contribution in [0.3, 0.4) is 0 Å². The Bertz CT molecular complexity index is 295. The topological polar surface area (TPSA) is 49.8 Å². The van der Waals surface area contributed by atoms with Gasteiger partial charge in [-0.05, 0) is 12.8 Å². The average Bonchev–Trinajstić information content (AvgIpc) is 2.30. The average molecular weight is 222 g/mol. The molecule has 4 nitrogen and oxygen atoms in total. The third kappa shape index (κ3) is 4.04. The van der Waals surface area contributed by atoms with Crippen LogP contribution in [-0.2, 0) is 0 Å². The highest BCUT2D eigenvalue weighted by Gasteiger charge is 2.07. The van der Waals surface area contributed by atoms with Gasteiger partial charge in [0.1, 0.15) is 11.6 Å². The molecule has 0 bridgehead atoms. The lowest BCUT2D eigenvalue weighted by atomic mass is 10.1. The zero-order valence-electron chi connectivity index (χ0n) is 10.5. The Balaban J connectivity index is 2.60. The number of aromatic nitrogens is 2. The normalized spacial score (nSPS) is 10.5. The van der Waals surface area contributed by atoms with Gasteiger partial charge in [-0.2, -0.15) is 0 Å². The van der Waals surface area contributed by atoms with E-state index in [0.29, 0.717) is 6.04 Å². The molecule has 1 aromatic rings. The summed E-state index contributed by atoms with van der Waals surface area (Å²) in [5.41, 5.74) is 0. The van der Waals surface area contributed by atoms with Crippen molar-refractivity contribution in [2.75, 3.05) is 17.7 Å². The predicted octanol–water partition coefficient (Wildman–Crippen LogP) is 2.90. The van der Waals surface area contributed by atoms with Gasteiger partial charge >= 0.3 is 0 Å². The zero-order valence-corrected chi connectivity index (χ0v) is 10.5. The molecule has 1 rings (SSSR count). The lowest BCUT2D eigenvalue weighted by molar-refractivity contribution is 0.584. The van der Waals surface area contributed by atoms with E-state index in [2.05, 4.69) is 34.4 Å². The van der Waals surface area contributed by atoms with Crippen LogP contribution in [0.15, 0.2) is 12.4 Å². The van der Waals surface area contributed by atoms with Crippen molar-refractivity contribution < 1.29 is 0 Å². The molecule has 1 aromatic heterocycles. The van der Waals surface area contributed by atoms with E-state index in [1.807, 2.05) is 7.05 Å². The molecule has 2 N–H and O–H groups in total. The fourth-order valence-electron chi connectivity index (χ4n) is 1.75. The third-order valence-electron chi connectivity index (χ3n) is 2.52. The lowest BCUT2D eigenvalue weighted by Gasteiger charge is -2.17. The maximum Gasteiger partial charge on any atom is 0.147 e. The monoisotopic (exact) mass is 222 g/mol. The highest BCUT2D eigenvalue weighted by molar-refractivity contribution is 5.41. The molecule has 0 saturated heterocycles. The molecule has 0 unspecified atom stereocenters. The summed E-state index contributed by atoms with van der Waals surface area (Å²) in [7, 11) is 1.85. The molecular weight excluding hydrogens is 200 g/mol. The minimum atomic E-state index is 0.511. The summed E-state index contributed by atoms with van der Waals surface area (Å²) in [6.45, 7) is 4.42. The summed E-state index contributed by atoms with van der Waals surface area (Å²) in [5.74, 6) is 1.66. The number of anilines is 2. The van der Waals surface area contributed by atoms with E-state index in [-0.39, 0.29) is 0 Å². The zero-order chi connectivity index (χ0) is 11.8. The van der Waals surface area contributed by atoms with Crippen LogP contribution in [0.5, 0.6) is 0 Å². The predicted molar refractivity (Wildman–Crippen MR) is 68.8 cm³/mol. The summed E-state index contributed by atoms with van der Waals surface area (Å²) in [6.07, 6.45) is 8.24. The van der Waals surface area contributed by atoms with E-state index >= 15 is 0 Å². The largest absolute Gasteiger partial charge is 0.372 e. The van der Waals surface area contributed by atoms with E-state index in [0.717, 1.165) is 11.6 Å². The first kappa shape index (κ1) is 12.7. The number of nitrogens with zero attached hydrogens (tertiary/aromatic N) is 2. The maximum absolute atomic E-state index is 4.41. The molecule has 0 aliphatic carbocycles. The van der Waals surface area contributed by atoms with Crippen molar-refractivity contribution in [3.05, 3.63) is 12.4 Å². The van der Waals surface area contributed by atoms with Crippen LogP contribution in [0.25, 0.3) is 0 Å². The van der Waals surface area contributed by atoms with Gasteiger partial charge in [0.2, 0.25) is 0 Å². The van der Waals surface area contributed by atoms with Crippen molar-refractivity contribution >= 4 is 11.6 Å². The molecule has 1 heterocycles. The fourth-order valence-corrected chi connectivity index (χ4v) is 1.75. The maximum atomic E-state index is 4.41. The molecule has 0 spiro atoms. The van der Waals surface area contributed by atoms with Gasteiger partial charge in [-0.25, -0.2) is 4.98 Å². The lowest BCUT2D eigenvalue weighted by Crippen LogP contribution is -2.20. The van der Waals surface area contributed by atoms with Gasteiger partial charge in [0.15, 0.2) is 0 Å². The van der Waals surface area contributed by atoms with E-state index in [1.165, 1.54) is 25.7 Å². The van der Waals surface area contributed by atoms with Crippen LogP contribution in [0.1, 0.15) is 39.5 Å². The van der Waals surface area contributed by atoms with Crippen LogP contribution in [0.2, 0.25) is 0 Å². The van der Waals surface area contributed by atoms with Gasteiger partial charge < -0.3 is 10.6 Å². The molecular formula is C12H22N4. The molecule has 0 atom stereocenters. The Hall–Kier alpha value is -1.32. The minimum absolute atomic E-state index is 0.511. The SMILES string of the molecule is CCCC(CCC)Nc1cncc(NC)n1. The van der Waals surface area contributed by atoms with Crippen LogP contribution >= 0.6 is 0 Å². The second kappa shape index (κ2) is 7.04. The highest BCUT2D eigenvalue weighted by atomic mass is 15.1. The van der Waals surface area contributed by atoms with Gasteiger partial charge in [-0.3, -0.25) is 4.98 Å². The van der Waals surface area contributed by atoms with Gasteiger partial charge in [0.25, 0.3) is 0 Å². The first-order chi connectivity index (χ1) is 7.80. The van der Waals surface area contributed by atoms with Crippen molar-refractivity contribution in [2.45, 2.75) is 45.6 Å². The van der Waals surface area contributed by atoms with Crippen LogP contribution in [-0.4, -0.2) is 23.1 Å². The molecule has 0 aliphatic heterocycles. The van der Waals surface area contributed by atoms with Crippen LogP contribution in [0, 0.1) is 0 Å². The summed E-state index contributed by atoms with van der Waals surface area (Å²) >= 11 is 0. The summed E-state index contributed by atoms with van der Waals surface area (Å²) in [5, 5.41) is 6.43. The Morgan fingerprint density at radius 2 is 1.75 bits per heavy atom. The third-order valence-corrected chi connectivity index (χ3v) is 2.52. The van der Waals surface area contributed by atoms with Crippen molar-refractivity contribution in [3.63, 3.8) is 0 Å². The van der Waals surface area contributed by atoms with E-state index in [9.17, 15) is 0 Å². The minimum Gasteiger partial charge on any atom is -0.372 e.